The maximum Gasteiger partial charge on any atom is 0.275 e. The van der Waals surface area contributed by atoms with Crippen LogP contribution in [0.5, 0.6) is 0 Å². The summed E-state index contributed by atoms with van der Waals surface area (Å²) in [6.45, 7) is 10.8. The summed E-state index contributed by atoms with van der Waals surface area (Å²) in [5.41, 5.74) is 1.19. The van der Waals surface area contributed by atoms with Gasteiger partial charge in [-0.15, -0.1) is 0 Å². The van der Waals surface area contributed by atoms with Crippen molar-refractivity contribution in [2.45, 2.75) is 52.2 Å². The summed E-state index contributed by atoms with van der Waals surface area (Å²) in [6, 6.07) is 1.39. The van der Waals surface area contributed by atoms with Crippen LogP contribution in [0.3, 0.4) is 0 Å². The number of hydrogen-bond acceptors (Lipinski definition) is 6. The molecule has 1 fully saturated rings. The van der Waals surface area contributed by atoms with Crippen molar-refractivity contribution >= 4 is 5.91 Å². The standard InChI is InChI=1S/C16H23N5O3/c1-9-13(14-17-10(2)20-24-14)21(6-7-23-9)15(22)11-8-12(19-18-11)16(3,4)5/h8-9,13H,6-7H2,1-5H3,(H,18,19)/t9-,13+/m1/s1. The Hall–Kier alpha value is -2.22. The first kappa shape index (κ1) is 16.6. The van der Waals surface area contributed by atoms with E-state index in [4.69, 9.17) is 9.26 Å². The lowest BCUT2D eigenvalue weighted by Gasteiger charge is -2.37. The van der Waals surface area contributed by atoms with Crippen LogP contribution in [0.2, 0.25) is 0 Å². The number of carbonyl (C=O) groups excluding carboxylic acids is 1. The summed E-state index contributed by atoms with van der Waals surface area (Å²) in [5, 5.41) is 11.0. The third-order valence-electron chi connectivity index (χ3n) is 4.16. The Balaban J connectivity index is 1.90. The number of rotatable bonds is 2. The lowest BCUT2D eigenvalue weighted by atomic mass is 9.92. The van der Waals surface area contributed by atoms with Gasteiger partial charge in [-0.2, -0.15) is 10.1 Å². The number of nitrogens with one attached hydrogen (secondary N) is 1. The van der Waals surface area contributed by atoms with E-state index in [0.29, 0.717) is 30.6 Å². The molecule has 8 nitrogen and oxygen atoms in total. The first-order valence-electron chi connectivity index (χ1n) is 8.06. The van der Waals surface area contributed by atoms with Crippen molar-refractivity contribution in [1.82, 2.24) is 25.2 Å². The van der Waals surface area contributed by atoms with Crippen molar-refractivity contribution < 1.29 is 14.1 Å². The van der Waals surface area contributed by atoms with Crippen LogP contribution in [0.4, 0.5) is 0 Å². The van der Waals surface area contributed by atoms with Gasteiger partial charge in [0.15, 0.2) is 5.82 Å². The molecule has 3 rings (SSSR count). The van der Waals surface area contributed by atoms with Gasteiger partial charge in [0, 0.05) is 17.7 Å². The molecule has 2 aromatic rings. The zero-order valence-corrected chi connectivity index (χ0v) is 14.7. The molecule has 0 bridgehead atoms. The smallest absolute Gasteiger partial charge is 0.275 e. The first-order valence-corrected chi connectivity index (χ1v) is 8.06. The largest absolute Gasteiger partial charge is 0.374 e. The molecule has 0 unspecified atom stereocenters. The van der Waals surface area contributed by atoms with E-state index in [1.54, 1.807) is 17.9 Å². The SMILES string of the molecule is Cc1noc([C@@H]2[C@@H](C)OCCN2C(=O)c2cc(C(C)(C)C)[nH]n2)n1. The van der Waals surface area contributed by atoms with Crippen LogP contribution < -0.4 is 0 Å². The fourth-order valence-electron chi connectivity index (χ4n) is 2.78. The third kappa shape index (κ3) is 3.06. The van der Waals surface area contributed by atoms with E-state index in [2.05, 4.69) is 41.1 Å². The van der Waals surface area contributed by atoms with Gasteiger partial charge in [0.05, 0.1) is 12.7 Å². The van der Waals surface area contributed by atoms with E-state index in [-0.39, 0.29) is 17.4 Å². The number of aromatic amines is 1. The monoisotopic (exact) mass is 333 g/mol. The summed E-state index contributed by atoms with van der Waals surface area (Å²) in [4.78, 5) is 18.9. The topological polar surface area (TPSA) is 97.1 Å². The van der Waals surface area contributed by atoms with E-state index in [1.807, 2.05) is 6.92 Å². The van der Waals surface area contributed by atoms with Gasteiger partial charge in [-0.1, -0.05) is 25.9 Å². The fourth-order valence-corrected chi connectivity index (χ4v) is 2.78. The van der Waals surface area contributed by atoms with Crippen molar-refractivity contribution in [3.05, 3.63) is 29.2 Å². The Morgan fingerprint density at radius 2 is 2.17 bits per heavy atom. The number of aryl methyl sites for hydroxylation is 1. The Kier molecular flexibility index (Phi) is 4.16. The highest BCUT2D eigenvalue weighted by atomic mass is 16.5. The molecule has 1 aliphatic heterocycles. The van der Waals surface area contributed by atoms with E-state index >= 15 is 0 Å². The minimum absolute atomic E-state index is 0.104. The molecule has 1 N–H and O–H groups in total. The Morgan fingerprint density at radius 3 is 2.75 bits per heavy atom. The highest BCUT2D eigenvalue weighted by Crippen LogP contribution is 2.30. The van der Waals surface area contributed by atoms with Gasteiger partial charge in [-0.05, 0) is 19.9 Å². The highest BCUT2D eigenvalue weighted by molar-refractivity contribution is 5.92. The zero-order valence-electron chi connectivity index (χ0n) is 14.7. The van der Waals surface area contributed by atoms with E-state index in [0.717, 1.165) is 5.69 Å². The van der Waals surface area contributed by atoms with Gasteiger partial charge in [-0.25, -0.2) is 0 Å². The molecule has 1 saturated heterocycles. The molecule has 0 aromatic carbocycles. The molecule has 0 spiro atoms. The fraction of sp³-hybridized carbons (Fsp3) is 0.625. The van der Waals surface area contributed by atoms with Crippen molar-refractivity contribution in [3.8, 4) is 0 Å². The second-order valence-corrected chi connectivity index (χ2v) is 7.12. The lowest BCUT2D eigenvalue weighted by Crippen LogP contribution is -2.47. The molecule has 3 heterocycles. The van der Waals surface area contributed by atoms with E-state index in [9.17, 15) is 4.79 Å². The Bertz CT molecular complexity index is 730. The van der Waals surface area contributed by atoms with Gasteiger partial charge >= 0.3 is 0 Å². The molecule has 8 heteroatoms. The summed E-state index contributed by atoms with van der Waals surface area (Å²) in [7, 11) is 0. The van der Waals surface area contributed by atoms with E-state index in [1.165, 1.54) is 0 Å². The molecule has 24 heavy (non-hydrogen) atoms. The van der Waals surface area contributed by atoms with Crippen LogP contribution in [-0.4, -0.2) is 50.4 Å². The van der Waals surface area contributed by atoms with E-state index < -0.39 is 6.04 Å². The second kappa shape index (κ2) is 6.01. The molecule has 0 saturated carbocycles. The number of H-pyrrole nitrogens is 1. The molecule has 2 atom stereocenters. The number of morpholine rings is 1. The van der Waals surface area contributed by atoms with Crippen LogP contribution in [0.15, 0.2) is 10.6 Å². The Morgan fingerprint density at radius 1 is 1.42 bits per heavy atom. The van der Waals surface area contributed by atoms with Gasteiger partial charge in [0.25, 0.3) is 11.8 Å². The summed E-state index contributed by atoms with van der Waals surface area (Å²) in [5.74, 6) is 0.752. The maximum atomic E-state index is 13.0. The predicted molar refractivity (Wildman–Crippen MR) is 85.5 cm³/mol. The van der Waals surface area contributed by atoms with Crippen molar-refractivity contribution in [3.63, 3.8) is 0 Å². The quantitative estimate of drug-likeness (QED) is 0.903. The van der Waals surface area contributed by atoms with Gasteiger partial charge in [0.1, 0.15) is 11.7 Å². The molecule has 1 amide bonds. The average Bonchev–Trinajstić information content (AvgIpc) is 3.14. The van der Waals surface area contributed by atoms with Crippen molar-refractivity contribution in [1.29, 1.82) is 0 Å². The number of amides is 1. The average molecular weight is 333 g/mol. The number of ether oxygens (including phenoxy) is 1. The molecule has 0 aliphatic carbocycles. The summed E-state index contributed by atoms with van der Waals surface area (Å²) >= 11 is 0. The summed E-state index contributed by atoms with van der Waals surface area (Å²) < 4.78 is 11.0. The van der Waals surface area contributed by atoms with Crippen molar-refractivity contribution in [2.75, 3.05) is 13.2 Å². The Labute approximate surface area is 140 Å². The molecule has 2 aromatic heterocycles. The van der Waals surface area contributed by atoms with Crippen LogP contribution in [-0.2, 0) is 10.2 Å². The van der Waals surface area contributed by atoms with Crippen LogP contribution in [0, 0.1) is 6.92 Å². The van der Waals surface area contributed by atoms with Crippen LogP contribution in [0.1, 0.15) is 61.6 Å². The molecular formula is C16H23N5O3. The second-order valence-electron chi connectivity index (χ2n) is 7.12. The maximum absolute atomic E-state index is 13.0. The van der Waals surface area contributed by atoms with Crippen LogP contribution >= 0.6 is 0 Å². The lowest BCUT2D eigenvalue weighted by molar-refractivity contribution is -0.0602. The first-order chi connectivity index (χ1) is 11.3. The van der Waals surface area contributed by atoms with Gasteiger partial charge in [-0.3, -0.25) is 9.89 Å². The zero-order chi connectivity index (χ0) is 17.5. The molecule has 0 radical (unpaired) electrons. The molecular weight excluding hydrogens is 310 g/mol. The third-order valence-corrected chi connectivity index (χ3v) is 4.16. The normalized spacial score (nSPS) is 22.0. The molecule has 1 aliphatic rings. The number of nitrogens with zero attached hydrogens (tertiary/aromatic N) is 4. The van der Waals surface area contributed by atoms with Gasteiger partial charge < -0.3 is 14.2 Å². The number of hydrogen-bond donors (Lipinski definition) is 1. The van der Waals surface area contributed by atoms with Gasteiger partial charge in [0.2, 0.25) is 0 Å². The highest BCUT2D eigenvalue weighted by Gasteiger charge is 2.39. The van der Waals surface area contributed by atoms with Crippen molar-refractivity contribution in [2.24, 2.45) is 0 Å². The minimum Gasteiger partial charge on any atom is -0.374 e. The number of carbonyl (C=O) groups is 1. The van der Waals surface area contributed by atoms with Crippen LogP contribution in [0.25, 0.3) is 0 Å². The molecule has 130 valence electrons. The minimum atomic E-state index is -0.415. The number of aromatic nitrogens is 4. The summed E-state index contributed by atoms with van der Waals surface area (Å²) in [6.07, 6.45) is -0.233. The predicted octanol–water partition coefficient (Wildman–Crippen LogP) is 2.00.